The van der Waals surface area contributed by atoms with E-state index in [1.165, 1.54) is 0 Å². The number of methoxy groups -OCH3 is 1. The SMILES string of the molecule is COc1cccc(-c2cc(COC(=O)Cn3cnc4ccccc43)no2)c1. The average molecular weight is 363 g/mol. The molecule has 0 saturated heterocycles. The molecule has 0 saturated carbocycles. The zero-order valence-electron chi connectivity index (χ0n) is 14.7. The van der Waals surface area contributed by atoms with Crippen LogP contribution in [0.25, 0.3) is 22.4 Å². The lowest BCUT2D eigenvalue weighted by atomic mass is 10.1. The Morgan fingerprint density at radius 1 is 1.15 bits per heavy atom. The molecular formula is C20H17N3O4. The van der Waals surface area contributed by atoms with E-state index in [1.54, 1.807) is 24.1 Å². The monoisotopic (exact) mass is 363 g/mol. The van der Waals surface area contributed by atoms with Gasteiger partial charge in [0, 0.05) is 11.6 Å². The molecule has 2 aromatic carbocycles. The lowest BCUT2D eigenvalue weighted by Gasteiger charge is -2.04. The van der Waals surface area contributed by atoms with Crippen molar-refractivity contribution in [1.82, 2.24) is 14.7 Å². The number of carbonyl (C=O) groups excluding carboxylic acids is 1. The predicted octanol–water partition coefficient (Wildman–Crippen LogP) is 3.44. The van der Waals surface area contributed by atoms with Gasteiger partial charge in [-0.25, -0.2) is 4.98 Å². The summed E-state index contributed by atoms with van der Waals surface area (Å²) in [6.07, 6.45) is 1.63. The zero-order chi connectivity index (χ0) is 18.6. The quantitative estimate of drug-likeness (QED) is 0.488. The number of para-hydroxylation sites is 2. The van der Waals surface area contributed by atoms with Crippen molar-refractivity contribution in [3.8, 4) is 17.1 Å². The Hall–Kier alpha value is -3.61. The van der Waals surface area contributed by atoms with Crippen LogP contribution in [-0.4, -0.2) is 27.8 Å². The van der Waals surface area contributed by atoms with E-state index in [1.807, 2.05) is 48.5 Å². The molecule has 27 heavy (non-hydrogen) atoms. The fraction of sp³-hybridized carbons (Fsp3) is 0.150. The third-order valence-electron chi connectivity index (χ3n) is 4.12. The molecule has 136 valence electrons. The smallest absolute Gasteiger partial charge is 0.326 e. The van der Waals surface area contributed by atoms with Crippen molar-refractivity contribution in [2.75, 3.05) is 7.11 Å². The number of ether oxygens (including phenoxy) is 2. The summed E-state index contributed by atoms with van der Waals surface area (Å²) in [6.45, 7) is 0.125. The van der Waals surface area contributed by atoms with Gasteiger partial charge >= 0.3 is 5.97 Å². The van der Waals surface area contributed by atoms with Crippen LogP contribution in [0.5, 0.6) is 5.75 Å². The number of hydrogen-bond donors (Lipinski definition) is 0. The van der Waals surface area contributed by atoms with Crippen molar-refractivity contribution in [3.05, 3.63) is 66.6 Å². The Morgan fingerprint density at radius 2 is 2.04 bits per heavy atom. The topological polar surface area (TPSA) is 79.4 Å². The van der Waals surface area contributed by atoms with Gasteiger partial charge in [-0.3, -0.25) is 4.79 Å². The van der Waals surface area contributed by atoms with Crippen molar-refractivity contribution < 1.29 is 18.8 Å². The molecule has 4 aromatic rings. The highest BCUT2D eigenvalue weighted by atomic mass is 16.5. The van der Waals surface area contributed by atoms with Crippen LogP contribution in [0.1, 0.15) is 5.69 Å². The van der Waals surface area contributed by atoms with Crippen LogP contribution < -0.4 is 4.74 Å². The molecule has 2 aromatic heterocycles. The van der Waals surface area contributed by atoms with Crippen molar-refractivity contribution in [2.45, 2.75) is 13.2 Å². The van der Waals surface area contributed by atoms with Gasteiger partial charge in [-0.2, -0.15) is 0 Å². The molecule has 0 aliphatic carbocycles. The van der Waals surface area contributed by atoms with Gasteiger partial charge in [-0.15, -0.1) is 0 Å². The second-order valence-electron chi connectivity index (χ2n) is 5.94. The summed E-state index contributed by atoms with van der Waals surface area (Å²) in [5.41, 5.74) is 3.10. The Labute approximate surface area is 155 Å². The van der Waals surface area contributed by atoms with Gasteiger partial charge in [0.1, 0.15) is 24.6 Å². The van der Waals surface area contributed by atoms with E-state index in [4.69, 9.17) is 14.0 Å². The number of fused-ring (bicyclic) bond motifs is 1. The first-order valence-electron chi connectivity index (χ1n) is 8.38. The summed E-state index contributed by atoms with van der Waals surface area (Å²) in [6, 6.07) is 16.8. The molecule has 0 aliphatic heterocycles. The van der Waals surface area contributed by atoms with E-state index in [0.717, 1.165) is 22.3 Å². The Morgan fingerprint density at radius 3 is 2.93 bits per heavy atom. The van der Waals surface area contributed by atoms with Crippen LogP contribution in [0.2, 0.25) is 0 Å². The van der Waals surface area contributed by atoms with Crippen LogP contribution in [0.4, 0.5) is 0 Å². The van der Waals surface area contributed by atoms with Gasteiger partial charge in [0.2, 0.25) is 0 Å². The Balaban J connectivity index is 1.39. The lowest BCUT2D eigenvalue weighted by molar-refractivity contribution is -0.145. The highest BCUT2D eigenvalue weighted by molar-refractivity contribution is 5.78. The maximum Gasteiger partial charge on any atom is 0.326 e. The molecule has 0 unspecified atom stereocenters. The van der Waals surface area contributed by atoms with Crippen molar-refractivity contribution in [1.29, 1.82) is 0 Å². The Kier molecular flexibility index (Phi) is 4.57. The van der Waals surface area contributed by atoms with Gasteiger partial charge in [-0.1, -0.05) is 29.4 Å². The summed E-state index contributed by atoms with van der Waals surface area (Å²) in [5, 5.41) is 3.95. The normalized spacial score (nSPS) is 10.9. The van der Waals surface area contributed by atoms with Gasteiger partial charge in [0.05, 0.1) is 24.5 Å². The molecule has 0 spiro atoms. The van der Waals surface area contributed by atoms with Crippen LogP contribution in [-0.2, 0) is 22.7 Å². The van der Waals surface area contributed by atoms with Gasteiger partial charge < -0.3 is 18.6 Å². The summed E-state index contributed by atoms with van der Waals surface area (Å²) < 4.78 is 17.6. The third-order valence-corrected chi connectivity index (χ3v) is 4.12. The summed E-state index contributed by atoms with van der Waals surface area (Å²) in [5.74, 6) is 0.939. The van der Waals surface area contributed by atoms with Gasteiger partial charge in [0.25, 0.3) is 0 Å². The first-order chi connectivity index (χ1) is 13.2. The summed E-state index contributed by atoms with van der Waals surface area (Å²) in [7, 11) is 1.61. The highest BCUT2D eigenvalue weighted by Gasteiger charge is 2.12. The first kappa shape index (κ1) is 16.8. The Bertz CT molecular complexity index is 1080. The van der Waals surface area contributed by atoms with Crippen molar-refractivity contribution in [3.63, 3.8) is 0 Å². The van der Waals surface area contributed by atoms with E-state index in [2.05, 4.69) is 10.1 Å². The molecule has 4 rings (SSSR count). The van der Waals surface area contributed by atoms with Crippen molar-refractivity contribution in [2.24, 2.45) is 0 Å². The molecule has 2 heterocycles. The maximum absolute atomic E-state index is 12.1. The number of rotatable bonds is 6. The highest BCUT2D eigenvalue weighted by Crippen LogP contribution is 2.24. The van der Waals surface area contributed by atoms with Crippen LogP contribution in [0, 0.1) is 0 Å². The van der Waals surface area contributed by atoms with E-state index in [0.29, 0.717) is 11.5 Å². The van der Waals surface area contributed by atoms with Crippen molar-refractivity contribution >= 4 is 17.0 Å². The van der Waals surface area contributed by atoms with E-state index < -0.39 is 0 Å². The largest absolute Gasteiger partial charge is 0.497 e. The molecule has 0 atom stereocenters. The van der Waals surface area contributed by atoms with Crippen LogP contribution in [0.3, 0.4) is 0 Å². The number of aromatic nitrogens is 3. The standard InChI is InChI=1S/C20H17N3O4/c1-25-16-6-4-5-14(9-16)19-10-15(22-27-19)12-26-20(24)11-23-13-21-17-7-2-3-8-18(17)23/h2-10,13H,11-12H2,1H3. The number of carbonyl (C=O) groups is 1. The van der Waals surface area contributed by atoms with Gasteiger partial charge in [-0.05, 0) is 24.3 Å². The summed E-state index contributed by atoms with van der Waals surface area (Å²) in [4.78, 5) is 16.4. The van der Waals surface area contributed by atoms with Crippen LogP contribution in [0.15, 0.2) is 65.4 Å². The molecule has 0 N–H and O–H groups in total. The lowest BCUT2D eigenvalue weighted by Crippen LogP contribution is -2.12. The molecule has 7 heteroatoms. The van der Waals surface area contributed by atoms with E-state index in [9.17, 15) is 4.79 Å². The number of imidazole rings is 1. The van der Waals surface area contributed by atoms with Gasteiger partial charge in [0.15, 0.2) is 5.76 Å². The number of esters is 1. The number of hydrogen-bond acceptors (Lipinski definition) is 6. The molecule has 0 fully saturated rings. The molecule has 0 aliphatic rings. The number of benzene rings is 2. The molecule has 0 bridgehead atoms. The minimum absolute atomic E-state index is 0.0406. The maximum atomic E-state index is 12.1. The second kappa shape index (κ2) is 7.33. The fourth-order valence-corrected chi connectivity index (χ4v) is 2.77. The van der Waals surface area contributed by atoms with E-state index >= 15 is 0 Å². The third kappa shape index (κ3) is 3.67. The number of nitrogens with zero attached hydrogens (tertiary/aromatic N) is 3. The molecule has 0 radical (unpaired) electrons. The molecule has 0 amide bonds. The molecular weight excluding hydrogens is 346 g/mol. The average Bonchev–Trinajstić information content (AvgIpc) is 3.34. The minimum Gasteiger partial charge on any atom is -0.497 e. The molecule has 7 nitrogen and oxygen atoms in total. The fourth-order valence-electron chi connectivity index (χ4n) is 2.77. The minimum atomic E-state index is -0.371. The summed E-state index contributed by atoms with van der Waals surface area (Å²) >= 11 is 0. The second-order valence-corrected chi connectivity index (χ2v) is 5.94. The zero-order valence-corrected chi connectivity index (χ0v) is 14.7. The first-order valence-corrected chi connectivity index (χ1v) is 8.38. The van der Waals surface area contributed by atoms with Crippen LogP contribution >= 0.6 is 0 Å². The predicted molar refractivity (Wildman–Crippen MR) is 98.0 cm³/mol. The van der Waals surface area contributed by atoms with E-state index in [-0.39, 0.29) is 19.1 Å².